The number of nitro benzene ring substituents is 1. The van der Waals surface area contributed by atoms with Crippen molar-refractivity contribution in [3.63, 3.8) is 0 Å². The number of nitro groups is 1. The van der Waals surface area contributed by atoms with E-state index < -0.39 is 4.92 Å². The third kappa shape index (κ3) is 5.01. The van der Waals surface area contributed by atoms with Crippen molar-refractivity contribution >= 4 is 34.2 Å². The fourth-order valence-electron chi connectivity index (χ4n) is 3.19. The number of nitrogens with one attached hydrogen (secondary N) is 1. The zero-order chi connectivity index (χ0) is 23.2. The average molecular weight is 443 g/mol. The van der Waals surface area contributed by atoms with Gasteiger partial charge in [-0.05, 0) is 23.8 Å². The Morgan fingerprint density at radius 3 is 2.61 bits per heavy atom. The molecular formula is C23H21N7O3. The van der Waals surface area contributed by atoms with Crippen molar-refractivity contribution in [3.8, 4) is 5.75 Å². The van der Waals surface area contributed by atoms with Gasteiger partial charge in [-0.2, -0.15) is 5.10 Å². The molecule has 4 aromatic rings. The van der Waals surface area contributed by atoms with Crippen molar-refractivity contribution in [2.45, 2.75) is 19.9 Å². The largest absolute Gasteiger partial charge is 0.505 e. The molecule has 166 valence electrons. The maximum absolute atomic E-state index is 10.8. The van der Waals surface area contributed by atoms with Crippen LogP contribution in [0, 0.1) is 10.1 Å². The number of hydrazone groups is 1. The molecule has 3 aromatic carbocycles. The molecule has 0 aliphatic rings. The molecule has 10 heteroatoms. The number of phenols is 1. The quantitative estimate of drug-likeness (QED) is 0.0956. The van der Waals surface area contributed by atoms with Crippen LogP contribution in [-0.4, -0.2) is 25.4 Å². The lowest BCUT2D eigenvalue weighted by Crippen LogP contribution is -2.00. The number of phenolic OH excluding ortho intramolecular Hbond substituents is 1. The van der Waals surface area contributed by atoms with Gasteiger partial charge in [-0.3, -0.25) is 15.5 Å². The van der Waals surface area contributed by atoms with Crippen LogP contribution in [0.1, 0.15) is 18.9 Å². The number of benzene rings is 3. The lowest BCUT2D eigenvalue weighted by molar-refractivity contribution is -0.384. The molecule has 0 bridgehead atoms. The normalized spacial score (nSPS) is 11.8. The summed E-state index contributed by atoms with van der Waals surface area (Å²) in [6, 6.07) is 21.5. The van der Waals surface area contributed by atoms with Crippen LogP contribution in [0.25, 0.3) is 11.0 Å². The molecule has 0 fully saturated rings. The van der Waals surface area contributed by atoms with Crippen LogP contribution >= 0.6 is 0 Å². The van der Waals surface area contributed by atoms with E-state index >= 15 is 0 Å². The number of non-ortho nitro benzene ring substituents is 1. The van der Waals surface area contributed by atoms with E-state index in [2.05, 4.69) is 25.7 Å². The first-order chi connectivity index (χ1) is 16.0. The molecule has 1 aromatic heterocycles. The number of fused-ring (bicyclic) bond motifs is 1. The minimum Gasteiger partial charge on any atom is -0.505 e. The van der Waals surface area contributed by atoms with E-state index in [1.165, 1.54) is 12.1 Å². The van der Waals surface area contributed by atoms with Crippen molar-refractivity contribution in [3.05, 3.63) is 88.5 Å². The zero-order valence-corrected chi connectivity index (χ0v) is 17.8. The van der Waals surface area contributed by atoms with Crippen LogP contribution in [-0.2, 0) is 6.54 Å². The Kier molecular flexibility index (Phi) is 6.35. The first-order valence-corrected chi connectivity index (χ1v) is 10.3. The van der Waals surface area contributed by atoms with Crippen molar-refractivity contribution in [2.24, 2.45) is 15.3 Å². The Morgan fingerprint density at radius 1 is 1.12 bits per heavy atom. The summed E-state index contributed by atoms with van der Waals surface area (Å²) in [5, 5.41) is 33.5. The summed E-state index contributed by atoms with van der Waals surface area (Å²) in [5.74, 6) is 0.524. The van der Waals surface area contributed by atoms with Gasteiger partial charge in [-0.15, -0.1) is 10.2 Å². The summed E-state index contributed by atoms with van der Waals surface area (Å²) in [4.78, 5) is 14.8. The molecule has 0 saturated carbocycles. The third-order valence-corrected chi connectivity index (χ3v) is 4.89. The van der Waals surface area contributed by atoms with Gasteiger partial charge in [-0.25, -0.2) is 4.98 Å². The van der Waals surface area contributed by atoms with Gasteiger partial charge >= 0.3 is 0 Å². The molecule has 10 nitrogen and oxygen atoms in total. The van der Waals surface area contributed by atoms with Crippen LogP contribution in [0.15, 0.2) is 88.1 Å². The Balaban J connectivity index is 1.60. The third-order valence-electron chi connectivity index (χ3n) is 4.89. The number of rotatable bonds is 7. The summed E-state index contributed by atoms with van der Waals surface area (Å²) < 4.78 is 1.98. The van der Waals surface area contributed by atoms with E-state index in [0.717, 1.165) is 22.7 Å². The van der Waals surface area contributed by atoms with Gasteiger partial charge in [0, 0.05) is 12.5 Å². The number of hydrogen-bond donors (Lipinski definition) is 2. The smallest absolute Gasteiger partial charge is 0.273 e. The number of para-hydroxylation sites is 2. The molecule has 0 aliphatic carbocycles. The van der Waals surface area contributed by atoms with E-state index in [4.69, 9.17) is 0 Å². The highest BCUT2D eigenvalue weighted by atomic mass is 16.6. The summed E-state index contributed by atoms with van der Waals surface area (Å²) in [5.41, 5.74) is 5.55. The Bertz CT molecular complexity index is 1350. The number of hydrogen-bond acceptors (Lipinski definition) is 7. The number of amidine groups is 1. The molecule has 2 N–H and O–H groups in total. The Hall–Kier alpha value is -4.60. The van der Waals surface area contributed by atoms with Crippen LogP contribution in [0.2, 0.25) is 0 Å². The fraction of sp³-hybridized carbons (Fsp3) is 0.130. The summed E-state index contributed by atoms with van der Waals surface area (Å²) in [6.45, 7) is 2.45. The van der Waals surface area contributed by atoms with E-state index in [-0.39, 0.29) is 17.1 Å². The molecule has 0 atom stereocenters. The van der Waals surface area contributed by atoms with Gasteiger partial charge in [0.15, 0.2) is 5.84 Å². The Morgan fingerprint density at radius 2 is 1.88 bits per heavy atom. The monoisotopic (exact) mass is 443 g/mol. The SMILES string of the molecule is CC/C(N=Nc1nc2ccccc2n1Cc1ccccc1)=N/Nc1ccc([N+](=O)[O-])cc1O. The second kappa shape index (κ2) is 9.69. The van der Waals surface area contributed by atoms with E-state index in [9.17, 15) is 15.2 Å². The molecular weight excluding hydrogens is 422 g/mol. The number of azo groups is 1. The van der Waals surface area contributed by atoms with Gasteiger partial charge in [0.05, 0.1) is 34.3 Å². The maximum atomic E-state index is 10.8. The van der Waals surface area contributed by atoms with Crippen LogP contribution in [0.3, 0.4) is 0 Å². The lowest BCUT2D eigenvalue weighted by Gasteiger charge is -2.06. The molecule has 0 saturated heterocycles. The van der Waals surface area contributed by atoms with Crippen LogP contribution < -0.4 is 5.43 Å². The highest BCUT2D eigenvalue weighted by Crippen LogP contribution is 2.28. The predicted octanol–water partition coefficient (Wildman–Crippen LogP) is 5.62. The summed E-state index contributed by atoms with van der Waals surface area (Å²) in [6.07, 6.45) is 0.461. The molecule has 4 rings (SSSR count). The molecule has 0 spiro atoms. The molecule has 0 unspecified atom stereocenters. The first-order valence-electron chi connectivity index (χ1n) is 10.3. The average Bonchev–Trinajstić information content (AvgIpc) is 3.17. The van der Waals surface area contributed by atoms with Crippen molar-refractivity contribution in [1.29, 1.82) is 0 Å². The molecule has 0 amide bonds. The van der Waals surface area contributed by atoms with Crippen molar-refractivity contribution in [1.82, 2.24) is 9.55 Å². The van der Waals surface area contributed by atoms with Crippen LogP contribution in [0.4, 0.5) is 17.3 Å². The van der Waals surface area contributed by atoms with E-state index in [1.807, 2.05) is 66.1 Å². The molecule has 33 heavy (non-hydrogen) atoms. The van der Waals surface area contributed by atoms with Gasteiger partial charge in [0.2, 0.25) is 0 Å². The lowest BCUT2D eigenvalue weighted by atomic mass is 10.2. The number of anilines is 1. The topological polar surface area (TPSA) is 130 Å². The minimum absolute atomic E-state index is 0.213. The minimum atomic E-state index is -0.583. The first kappa shape index (κ1) is 21.6. The summed E-state index contributed by atoms with van der Waals surface area (Å²) >= 11 is 0. The van der Waals surface area contributed by atoms with E-state index in [0.29, 0.717) is 24.7 Å². The number of aromatic nitrogens is 2. The maximum Gasteiger partial charge on any atom is 0.273 e. The predicted molar refractivity (Wildman–Crippen MR) is 126 cm³/mol. The summed E-state index contributed by atoms with van der Waals surface area (Å²) in [7, 11) is 0. The number of imidazole rings is 1. The van der Waals surface area contributed by atoms with Gasteiger partial charge < -0.3 is 9.67 Å². The van der Waals surface area contributed by atoms with Gasteiger partial charge in [0.25, 0.3) is 11.6 Å². The van der Waals surface area contributed by atoms with Gasteiger partial charge in [-0.1, -0.05) is 49.4 Å². The molecule has 1 heterocycles. The Labute approximate surface area is 189 Å². The number of nitrogens with zero attached hydrogens (tertiary/aromatic N) is 6. The highest BCUT2D eigenvalue weighted by molar-refractivity contribution is 5.83. The van der Waals surface area contributed by atoms with Gasteiger partial charge in [0.1, 0.15) is 5.75 Å². The zero-order valence-electron chi connectivity index (χ0n) is 17.8. The standard InChI is InChI=1S/C23H21N7O3/c1-2-22(26-25-19-13-12-17(30(32)33)14-21(19)31)27-28-23-24-18-10-6-7-11-20(18)29(23)15-16-8-4-3-5-9-16/h3-14,25,31H,2,15H2,1H3/b26-22-,28-27?. The molecule has 0 aliphatic heterocycles. The highest BCUT2D eigenvalue weighted by Gasteiger charge is 2.12. The van der Waals surface area contributed by atoms with Crippen LogP contribution in [0.5, 0.6) is 5.75 Å². The van der Waals surface area contributed by atoms with Crippen molar-refractivity contribution in [2.75, 3.05) is 5.43 Å². The van der Waals surface area contributed by atoms with Crippen molar-refractivity contribution < 1.29 is 10.0 Å². The molecule has 0 radical (unpaired) electrons. The van der Waals surface area contributed by atoms with E-state index in [1.54, 1.807) is 0 Å². The fourth-order valence-corrected chi connectivity index (χ4v) is 3.19. The second-order valence-corrected chi connectivity index (χ2v) is 7.12. The second-order valence-electron chi connectivity index (χ2n) is 7.12. The number of aromatic hydroxyl groups is 1.